The molecule has 1 saturated heterocycles. The van der Waals surface area contributed by atoms with E-state index in [-0.39, 0.29) is 11.8 Å². The third kappa shape index (κ3) is 5.92. The fourth-order valence-electron chi connectivity index (χ4n) is 4.51. The summed E-state index contributed by atoms with van der Waals surface area (Å²) in [6.07, 6.45) is 1.02. The Balaban J connectivity index is 1.26. The minimum absolute atomic E-state index is 0.0477. The number of para-hydroxylation sites is 1. The largest absolute Gasteiger partial charge is 0.491 e. The highest BCUT2D eigenvalue weighted by molar-refractivity contribution is 7.89. The predicted octanol–water partition coefficient (Wildman–Crippen LogP) is 4.57. The number of aryl methyl sites for hydroxylation is 2. The van der Waals surface area contributed by atoms with Crippen molar-refractivity contribution >= 4 is 15.9 Å². The van der Waals surface area contributed by atoms with Crippen LogP contribution in [0.25, 0.3) is 11.1 Å². The fraction of sp³-hybridized carbons (Fsp3) is 0.321. The van der Waals surface area contributed by atoms with Crippen LogP contribution in [0.1, 0.15) is 24.0 Å². The van der Waals surface area contributed by atoms with Gasteiger partial charge in [0.05, 0.1) is 11.4 Å². The van der Waals surface area contributed by atoms with E-state index < -0.39 is 10.0 Å². The minimum atomic E-state index is -3.56. The molecule has 7 heteroatoms. The molecule has 1 amide bonds. The van der Waals surface area contributed by atoms with E-state index in [0.29, 0.717) is 44.0 Å². The highest BCUT2D eigenvalue weighted by Gasteiger charge is 2.32. The lowest BCUT2D eigenvalue weighted by molar-refractivity contribution is -0.126. The van der Waals surface area contributed by atoms with Gasteiger partial charge in [-0.2, -0.15) is 4.31 Å². The van der Waals surface area contributed by atoms with Crippen LogP contribution in [0.15, 0.2) is 77.7 Å². The molecule has 3 aromatic carbocycles. The van der Waals surface area contributed by atoms with Crippen LogP contribution in [0.3, 0.4) is 0 Å². The maximum absolute atomic E-state index is 13.1. The number of piperidine rings is 1. The van der Waals surface area contributed by atoms with Crippen LogP contribution in [0, 0.1) is 19.8 Å². The maximum Gasteiger partial charge on any atom is 0.243 e. The zero-order chi connectivity index (χ0) is 24.8. The number of amides is 1. The van der Waals surface area contributed by atoms with Crippen LogP contribution < -0.4 is 10.1 Å². The first-order valence-electron chi connectivity index (χ1n) is 12.0. The number of benzene rings is 3. The molecule has 0 atom stereocenters. The summed E-state index contributed by atoms with van der Waals surface area (Å²) < 4.78 is 33.6. The van der Waals surface area contributed by atoms with Gasteiger partial charge in [0.15, 0.2) is 0 Å². The van der Waals surface area contributed by atoms with Crippen LogP contribution in [0.2, 0.25) is 0 Å². The molecular formula is C28H32N2O4S. The second-order valence-electron chi connectivity index (χ2n) is 8.95. The van der Waals surface area contributed by atoms with Gasteiger partial charge in [-0.1, -0.05) is 66.2 Å². The Morgan fingerprint density at radius 2 is 1.66 bits per heavy atom. The average molecular weight is 493 g/mol. The van der Waals surface area contributed by atoms with Gasteiger partial charge >= 0.3 is 0 Å². The van der Waals surface area contributed by atoms with Crippen molar-refractivity contribution in [3.05, 3.63) is 83.9 Å². The van der Waals surface area contributed by atoms with E-state index in [0.717, 1.165) is 28.0 Å². The molecule has 0 saturated carbocycles. The summed E-state index contributed by atoms with van der Waals surface area (Å²) in [5.41, 5.74) is 3.87. The monoisotopic (exact) mass is 492 g/mol. The summed E-state index contributed by atoms with van der Waals surface area (Å²) in [5, 5.41) is 2.95. The van der Waals surface area contributed by atoms with Crippen LogP contribution >= 0.6 is 0 Å². The molecular weight excluding hydrogens is 460 g/mol. The van der Waals surface area contributed by atoms with Crippen molar-refractivity contribution < 1.29 is 17.9 Å². The Kier molecular flexibility index (Phi) is 7.88. The molecule has 0 radical (unpaired) electrons. The molecule has 1 aliphatic heterocycles. The summed E-state index contributed by atoms with van der Waals surface area (Å²) >= 11 is 0. The van der Waals surface area contributed by atoms with E-state index in [4.69, 9.17) is 4.74 Å². The number of carbonyl (C=O) groups is 1. The first-order valence-corrected chi connectivity index (χ1v) is 13.4. The van der Waals surface area contributed by atoms with Crippen LogP contribution in [-0.4, -0.2) is 44.9 Å². The lowest BCUT2D eigenvalue weighted by Crippen LogP contribution is -2.43. The number of carbonyl (C=O) groups excluding carboxylic acids is 1. The zero-order valence-corrected chi connectivity index (χ0v) is 21.1. The van der Waals surface area contributed by atoms with Crippen LogP contribution in [-0.2, 0) is 14.8 Å². The summed E-state index contributed by atoms with van der Waals surface area (Å²) in [4.78, 5) is 13.0. The third-order valence-corrected chi connectivity index (χ3v) is 8.46. The number of rotatable bonds is 8. The molecule has 6 nitrogen and oxygen atoms in total. The normalized spacial score (nSPS) is 15.0. The fourth-order valence-corrected chi connectivity index (χ4v) is 6.19. The van der Waals surface area contributed by atoms with Crippen LogP contribution in [0.5, 0.6) is 5.75 Å². The van der Waals surface area contributed by atoms with Gasteiger partial charge in [0.25, 0.3) is 0 Å². The van der Waals surface area contributed by atoms with Gasteiger partial charge in [-0.05, 0) is 49.9 Å². The molecule has 0 spiro atoms. The molecule has 0 bridgehead atoms. The van der Waals surface area contributed by atoms with Gasteiger partial charge in [0.1, 0.15) is 12.4 Å². The van der Waals surface area contributed by atoms with Crippen molar-refractivity contribution in [3.63, 3.8) is 0 Å². The number of hydrogen-bond donors (Lipinski definition) is 1. The van der Waals surface area contributed by atoms with E-state index in [9.17, 15) is 13.2 Å². The minimum Gasteiger partial charge on any atom is -0.491 e. The molecule has 1 N–H and O–H groups in total. The van der Waals surface area contributed by atoms with Crippen molar-refractivity contribution in [2.45, 2.75) is 31.6 Å². The summed E-state index contributed by atoms with van der Waals surface area (Å²) in [6, 6.07) is 23.3. The summed E-state index contributed by atoms with van der Waals surface area (Å²) in [7, 11) is -3.56. The summed E-state index contributed by atoms with van der Waals surface area (Å²) in [6.45, 7) is 5.20. The van der Waals surface area contributed by atoms with Crippen molar-refractivity contribution in [2.24, 2.45) is 5.92 Å². The van der Waals surface area contributed by atoms with Gasteiger partial charge in [0.2, 0.25) is 15.9 Å². The Labute approximate surface area is 208 Å². The molecule has 1 heterocycles. The second kappa shape index (κ2) is 11.1. The van der Waals surface area contributed by atoms with E-state index in [1.165, 1.54) is 4.31 Å². The number of nitrogens with one attached hydrogen (secondary N) is 1. The van der Waals surface area contributed by atoms with E-state index in [1.54, 1.807) is 6.07 Å². The van der Waals surface area contributed by atoms with Crippen LogP contribution in [0.4, 0.5) is 0 Å². The molecule has 1 aliphatic rings. The highest BCUT2D eigenvalue weighted by atomic mass is 32.2. The first kappa shape index (κ1) is 24.9. The maximum atomic E-state index is 13.1. The lowest BCUT2D eigenvalue weighted by Gasteiger charge is -2.31. The van der Waals surface area contributed by atoms with Gasteiger partial charge in [-0.15, -0.1) is 0 Å². The Hall–Kier alpha value is -3.16. The SMILES string of the molecule is Cc1ccc(S(=O)(=O)N2CCC(C(=O)NCCOc3ccccc3-c3ccccc3)CC2)c(C)c1. The molecule has 35 heavy (non-hydrogen) atoms. The standard InChI is InChI=1S/C28H32N2O4S/c1-21-12-13-27(22(2)20-21)35(32,33)30-17-14-24(15-18-30)28(31)29-16-19-34-26-11-7-6-10-25(26)23-8-4-3-5-9-23/h3-13,20,24H,14-19H2,1-2H3,(H,29,31). The molecule has 184 valence electrons. The number of hydrogen-bond acceptors (Lipinski definition) is 4. The predicted molar refractivity (Wildman–Crippen MR) is 138 cm³/mol. The smallest absolute Gasteiger partial charge is 0.243 e. The van der Waals surface area contributed by atoms with Crippen molar-refractivity contribution in [2.75, 3.05) is 26.2 Å². The molecule has 4 rings (SSSR count). The Morgan fingerprint density at radius 3 is 2.37 bits per heavy atom. The van der Waals surface area contributed by atoms with Gasteiger partial charge in [-0.25, -0.2) is 8.42 Å². The number of nitrogens with zero attached hydrogens (tertiary/aromatic N) is 1. The average Bonchev–Trinajstić information content (AvgIpc) is 2.87. The molecule has 3 aromatic rings. The molecule has 0 aromatic heterocycles. The molecule has 1 fully saturated rings. The van der Waals surface area contributed by atoms with Crippen molar-refractivity contribution in [3.8, 4) is 16.9 Å². The zero-order valence-electron chi connectivity index (χ0n) is 20.2. The van der Waals surface area contributed by atoms with Crippen molar-refractivity contribution in [1.29, 1.82) is 0 Å². The summed E-state index contributed by atoms with van der Waals surface area (Å²) in [5.74, 6) is 0.531. The third-order valence-electron chi connectivity index (χ3n) is 6.40. The quantitative estimate of drug-likeness (QED) is 0.468. The van der Waals surface area contributed by atoms with Gasteiger partial charge in [0, 0.05) is 24.6 Å². The van der Waals surface area contributed by atoms with Gasteiger partial charge < -0.3 is 10.1 Å². The van der Waals surface area contributed by atoms with Crippen molar-refractivity contribution in [1.82, 2.24) is 9.62 Å². The molecule has 0 unspecified atom stereocenters. The Bertz CT molecular complexity index is 1270. The van der Waals surface area contributed by atoms with E-state index in [2.05, 4.69) is 5.32 Å². The first-order chi connectivity index (χ1) is 16.9. The van der Waals surface area contributed by atoms with Gasteiger partial charge in [-0.3, -0.25) is 4.79 Å². The lowest BCUT2D eigenvalue weighted by atomic mass is 9.97. The highest BCUT2D eigenvalue weighted by Crippen LogP contribution is 2.29. The Morgan fingerprint density at radius 1 is 0.971 bits per heavy atom. The molecule has 0 aliphatic carbocycles. The number of sulfonamides is 1. The second-order valence-corrected chi connectivity index (χ2v) is 10.9. The topological polar surface area (TPSA) is 75.7 Å². The van der Waals surface area contributed by atoms with E-state index >= 15 is 0 Å². The van der Waals surface area contributed by atoms with E-state index in [1.807, 2.05) is 80.6 Å². The number of ether oxygens (including phenoxy) is 1.